The lowest BCUT2D eigenvalue weighted by molar-refractivity contribution is -0.0835. The van der Waals surface area contributed by atoms with E-state index in [2.05, 4.69) is 54.8 Å². The number of nitrogens with zero attached hydrogens (tertiary/aromatic N) is 2. The first kappa shape index (κ1) is 24.6. The summed E-state index contributed by atoms with van der Waals surface area (Å²) in [5.74, 6) is 1.81. The Bertz CT molecular complexity index is 1230. The molecule has 36 heavy (non-hydrogen) atoms. The van der Waals surface area contributed by atoms with Gasteiger partial charge in [-0.05, 0) is 49.1 Å². The van der Waals surface area contributed by atoms with E-state index >= 15 is 0 Å². The lowest BCUT2D eigenvalue weighted by Crippen LogP contribution is -2.33. The molecule has 0 unspecified atom stereocenters. The molecule has 1 atom stereocenters. The Balaban J connectivity index is 1.51. The van der Waals surface area contributed by atoms with Crippen LogP contribution < -0.4 is 15.0 Å². The number of ether oxygens (including phenoxy) is 4. The van der Waals surface area contributed by atoms with E-state index in [1.807, 2.05) is 18.2 Å². The van der Waals surface area contributed by atoms with E-state index in [1.54, 1.807) is 0 Å². The summed E-state index contributed by atoms with van der Waals surface area (Å²) in [6.45, 7) is 8.90. The van der Waals surface area contributed by atoms with Crippen molar-refractivity contribution in [1.29, 1.82) is 0 Å². The van der Waals surface area contributed by atoms with Gasteiger partial charge in [0.25, 0.3) is 0 Å². The van der Waals surface area contributed by atoms with Crippen LogP contribution in [0, 0.1) is 6.92 Å². The van der Waals surface area contributed by atoms with Crippen molar-refractivity contribution in [2.24, 2.45) is 4.99 Å². The summed E-state index contributed by atoms with van der Waals surface area (Å²) >= 11 is 0. The molecule has 0 bridgehead atoms. The fourth-order valence-electron chi connectivity index (χ4n) is 4.83. The smallest absolute Gasteiger partial charge is 0.131 e. The Morgan fingerprint density at radius 3 is 2.75 bits per heavy atom. The van der Waals surface area contributed by atoms with Crippen LogP contribution in [-0.4, -0.2) is 43.6 Å². The van der Waals surface area contributed by atoms with Crippen LogP contribution in [-0.2, 0) is 29.0 Å². The van der Waals surface area contributed by atoms with Crippen molar-refractivity contribution < 1.29 is 18.9 Å². The fraction of sp³-hybridized carbons (Fsp3) is 0.433. The highest BCUT2D eigenvalue weighted by atomic mass is 16.6. The van der Waals surface area contributed by atoms with Crippen LogP contribution in [0.15, 0.2) is 59.6 Å². The maximum absolute atomic E-state index is 6.37. The zero-order valence-electron chi connectivity index (χ0n) is 21.4. The third-order valence-corrected chi connectivity index (χ3v) is 6.81. The first-order valence-electron chi connectivity index (χ1n) is 13.1. The zero-order valence-corrected chi connectivity index (χ0v) is 21.4. The molecule has 6 heteroatoms. The van der Waals surface area contributed by atoms with Gasteiger partial charge in [-0.25, -0.2) is 0 Å². The first-order chi connectivity index (χ1) is 17.7. The molecule has 2 aliphatic heterocycles. The van der Waals surface area contributed by atoms with E-state index in [4.69, 9.17) is 23.9 Å². The van der Waals surface area contributed by atoms with Crippen molar-refractivity contribution in [2.75, 3.05) is 33.0 Å². The van der Waals surface area contributed by atoms with Crippen LogP contribution in [0.2, 0.25) is 0 Å². The summed E-state index contributed by atoms with van der Waals surface area (Å²) in [6, 6.07) is 18.8. The minimum Gasteiger partial charge on any atom is -0.494 e. The van der Waals surface area contributed by atoms with Crippen molar-refractivity contribution in [3.8, 4) is 22.8 Å². The summed E-state index contributed by atoms with van der Waals surface area (Å²) in [4.78, 5) is 4.99. The third-order valence-electron chi connectivity index (χ3n) is 6.81. The molecule has 2 aromatic carbocycles. The Hall–Kier alpha value is -3.09. The second-order valence-electron chi connectivity index (χ2n) is 9.45. The highest BCUT2D eigenvalue weighted by molar-refractivity contribution is 5.71. The molecule has 3 heterocycles. The van der Waals surface area contributed by atoms with E-state index < -0.39 is 0 Å². The number of unbranched alkanes of at least 4 members (excludes halogenated alkanes) is 1. The van der Waals surface area contributed by atoms with Gasteiger partial charge in [-0.1, -0.05) is 43.7 Å². The summed E-state index contributed by atoms with van der Waals surface area (Å²) in [5, 5.41) is 0. The van der Waals surface area contributed by atoms with E-state index in [9.17, 15) is 0 Å². The average Bonchev–Trinajstić information content (AvgIpc) is 2.93. The van der Waals surface area contributed by atoms with Gasteiger partial charge in [-0.15, -0.1) is 0 Å². The molecule has 3 aromatic rings. The molecule has 1 fully saturated rings. The Kier molecular flexibility index (Phi) is 8.04. The first-order valence-corrected chi connectivity index (χ1v) is 13.1. The summed E-state index contributed by atoms with van der Waals surface area (Å²) in [5.41, 5.74) is 6.89. The quantitative estimate of drug-likeness (QED) is 0.394. The van der Waals surface area contributed by atoms with Crippen molar-refractivity contribution in [1.82, 2.24) is 4.57 Å². The Morgan fingerprint density at radius 1 is 1.06 bits per heavy atom. The van der Waals surface area contributed by atoms with Crippen molar-refractivity contribution in [3.63, 3.8) is 0 Å². The lowest BCUT2D eigenvalue weighted by atomic mass is 9.94. The average molecular weight is 489 g/mol. The molecular weight excluding hydrogens is 452 g/mol. The molecule has 0 spiro atoms. The highest BCUT2D eigenvalue weighted by Crippen LogP contribution is 2.36. The molecule has 1 aromatic heterocycles. The summed E-state index contributed by atoms with van der Waals surface area (Å²) < 4.78 is 26.1. The number of pyridine rings is 1. The monoisotopic (exact) mass is 488 g/mol. The third kappa shape index (κ3) is 5.66. The molecule has 1 saturated heterocycles. The number of hydrogen-bond acceptors (Lipinski definition) is 5. The molecule has 5 rings (SSSR count). The minimum absolute atomic E-state index is 0.0105. The van der Waals surface area contributed by atoms with Gasteiger partial charge in [0.15, 0.2) is 0 Å². The van der Waals surface area contributed by atoms with Gasteiger partial charge < -0.3 is 23.5 Å². The molecule has 0 radical (unpaired) electrons. The number of hydrogen-bond donors (Lipinski definition) is 0. The Morgan fingerprint density at radius 2 is 1.94 bits per heavy atom. The normalized spacial score (nSPS) is 17.4. The summed E-state index contributed by atoms with van der Waals surface area (Å²) in [6.07, 6.45) is 3.12. The molecule has 0 saturated carbocycles. The van der Waals surface area contributed by atoms with Crippen molar-refractivity contribution >= 4 is 0 Å². The number of rotatable bonds is 9. The van der Waals surface area contributed by atoms with E-state index in [1.165, 1.54) is 16.8 Å². The van der Waals surface area contributed by atoms with Crippen LogP contribution >= 0.6 is 0 Å². The minimum atomic E-state index is -0.0105. The maximum Gasteiger partial charge on any atom is 0.131 e. The van der Waals surface area contributed by atoms with E-state index in [-0.39, 0.29) is 6.10 Å². The van der Waals surface area contributed by atoms with Gasteiger partial charge in [0.2, 0.25) is 0 Å². The molecule has 0 amide bonds. The number of aryl methyl sites for hydroxylation is 1. The van der Waals surface area contributed by atoms with Gasteiger partial charge >= 0.3 is 0 Å². The fourth-order valence-corrected chi connectivity index (χ4v) is 4.83. The summed E-state index contributed by atoms with van der Waals surface area (Å²) in [7, 11) is 0. The number of benzene rings is 2. The van der Waals surface area contributed by atoms with Gasteiger partial charge in [0.1, 0.15) is 29.7 Å². The molecule has 6 nitrogen and oxygen atoms in total. The number of aromatic nitrogens is 1. The van der Waals surface area contributed by atoms with Crippen LogP contribution in [0.4, 0.5) is 0 Å². The maximum atomic E-state index is 6.37. The number of fused-ring (bicyclic) bond motifs is 3. The predicted molar refractivity (Wildman–Crippen MR) is 140 cm³/mol. The second-order valence-corrected chi connectivity index (χ2v) is 9.45. The van der Waals surface area contributed by atoms with Crippen molar-refractivity contribution in [3.05, 3.63) is 76.8 Å². The van der Waals surface area contributed by atoms with Gasteiger partial charge in [-0.2, -0.15) is 0 Å². The van der Waals surface area contributed by atoms with Crippen LogP contribution in [0.25, 0.3) is 11.3 Å². The molecule has 190 valence electrons. The molecule has 2 aliphatic rings. The van der Waals surface area contributed by atoms with Crippen LogP contribution in [0.1, 0.15) is 36.5 Å². The molecule has 0 N–H and O–H groups in total. The standard InChI is InChI=1S/C30H36N2O4/c1-3-4-14-34-25-10-11-27-24(17-25)12-13-32-29(31-19-26-21-33-15-16-35-26)18-28(22(2)30(27)32)36-20-23-8-6-5-7-9-23/h5-11,17-18,26H,3-4,12-16,19-21H2,1-2H3/b31-29+/t26-/m1/s1. The SMILES string of the molecule is CCCCOc1ccc2c(c1)CCn1c-2c(C)c(OCc2ccccc2)c/c1=N\C[C@@H]1COCCO1. The second kappa shape index (κ2) is 11.8. The van der Waals surface area contributed by atoms with E-state index in [0.717, 1.165) is 60.5 Å². The van der Waals surface area contributed by atoms with Crippen LogP contribution in [0.3, 0.4) is 0 Å². The van der Waals surface area contributed by atoms with Gasteiger partial charge in [0, 0.05) is 23.7 Å². The highest BCUT2D eigenvalue weighted by Gasteiger charge is 2.22. The predicted octanol–water partition coefficient (Wildman–Crippen LogP) is 5.09. The largest absolute Gasteiger partial charge is 0.494 e. The lowest BCUT2D eigenvalue weighted by Gasteiger charge is -2.27. The van der Waals surface area contributed by atoms with Crippen LogP contribution in [0.5, 0.6) is 11.5 Å². The molecule has 0 aliphatic carbocycles. The molecular formula is C30H36N2O4. The Labute approximate surface area is 213 Å². The topological polar surface area (TPSA) is 54.2 Å². The zero-order chi connectivity index (χ0) is 24.7. The van der Waals surface area contributed by atoms with Gasteiger partial charge in [-0.3, -0.25) is 4.99 Å². The van der Waals surface area contributed by atoms with Crippen molar-refractivity contribution in [2.45, 2.75) is 52.4 Å². The van der Waals surface area contributed by atoms with E-state index in [0.29, 0.717) is 33.0 Å². The van der Waals surface area contributed by atoms with Gasteiger partial charge in [0.05, 0.1) is 38.7 Å².